The van der Waals surface area contributed by atoms with Gasteiger partial charge in [-0.05, 0) is 62.9 Å². The molecule has 1 atom stereocenters. The molecule has 4 rings (SSSR count). The number of hydrogen-bond donors (Lipinski definition) is 2. The van der Waals surface area contributed by atoms with Gasteiger partial charge < -0.3 is 29.3 Å². The van der Waals surface area contributed by atoms with Crippen molar-refractivity contribution in [3.8, 4) is 17.2 Å². The van der Waals surface area contributed by atoms with Crippen LogP contribution in [0.4, 0.5) is 0 Å². The SMILES string of the molecule is C=C(C)COc1ccc(C2(O)CCN(CC(O)COc3cccc4c3OC(C)(C)C4)CC2)cc1. The summed E-state index contributed by atoms with van der Waals surface area (Å²) in [4.78, 5) is 2.18. The number of hydrogen-bond acceptors (Lipinski definition) is 6. The minimum absolute atomic E-state index is 0.201. The van der Waals surface area contributed by atoms with Crippen molar-refractivity contribution in [2.24, 2.45) is 0 Å². The first-order chi connectivity index (χ1) is 16.1. The van der Waals surface area contributed by atoms with Crippen LogP contribution in [0.1, 0.15) is 44.7 Å². The Morgan fingerprint density at radius 1 is 1.12 bits per heavy atom. The van der Waals surface area contributed by atoms with E-state index in [0.29, 0.717) is 44.8 Å². The van der Waals surface area contributed by atoms with E-state index in [4.69, 9.17) is 14.2 Å². The van der Waals surface area contributed by atoms with Crippen LogP contribution >= 0.6 is 0 Å². The lowest BCUT2D eigenvalue weighted by molar-refractivity contribution is -0.0373. The van der Waals surface area contributed by atoms with Crippen molar-refractivity contribution in [2.45, 2.75) is 57.3 Å². The minimum atomic E-state index is -0.862. The van der Waals surface area contributed by atoms with Crippen LogP contribution in [-0.4, -0.2) is 59.7 Å². The van der Waals surface area contributed by atoms with Gasteiger partial charge in [0, 0.05) is 31.6 Å². The predicted octanol–water partition coefficient (Wildman–Crippen LogP) is 4.08. The van der Waals surface area contributed by atoms with Gasteiger partial charge in [0.15, 0.2) is 11.5 Å². The monoisotopic (exact) mass is 467 g/mol. The summed E-state index contributed by atoms with van der Waals surface area (Å²) in [7, 11) is 0. The molecule has 184 valence electrons. The van der Waals surface area contributed by atoms with E-state index in [0.717, 1.165) is 34.6 Å². The first-order valence-corrected chi connectivity index (χ1v) is 12.1. The Kier molecular flexibility index (Phi) is 7.22. The number of rotatable bonds is 9. The largest absolute Gasteiger partial charge is 0.489 e. The Balaban J connectivity index is 1.25. The van der Waals surface area contributed by atoms with Crippen LogP contribution in [0.3, 0.4) is 0 Å². The number of benzene rings is 2. The van der Waals surface area contributed by atoms with E-state index < -0.39 is 11.7 Å². The topological polar surface area (TPSA) is 71.4 Å². The number of likely N-dealkylation sites (tertiary alicyclic amines) is 1. The van der Waals surface area contributed by atoms with Gasteiger partial charge in [-0.1, -0.05) is 30.8 Å². The van der Waals surface area contributed by atoms with Crippen LogP contribution < -0.4 is 14.2 Å². The average molecular weight is 468 g/mol. The van der Waals surface area contributed by atoms with E-state index in [-0.39, 0.29) is 12.2 Å². The highest BCUT2D eigenvalue weighted by Gasteiger charge is 2.35. The molecule has 2 heterocycles. The molecular weight excluding hydrogens is 430 g/mol. The summed E-state index contributed by atoms with van der Waals surface area (Å²) in [6.45, 7) is 12.5. The standard InChI is InChI=1S/C28H37NO5/c1-20(2)18-32-24-10-8-22(9-11-24)28(31)12-14-29(15-13-28)17-23(30)19-33-25-7-5-6-21-16-27(3,4)34-26(21)25/h5-11,23,30-31H,1,12-19H2,2-4H3. The van der Waals surface area contributed by atoms with Crippen LogP contribution in [0, 0.1) is 0 Å². The number of aliphatic hydroxyl groups is 2. The maximum atomic E-state index is 11.2. The van der Waals surface area contributed by atoms with Crippen molar-refractivity contribution >= 4 is 0 Å². The smallest absolute Gasteiger partial charge is 0.165 e. The lowest BCUT2D eigenvalue weighted by Crippen LogP contribution is -2.46. The minimum Gasteiger partial charge on any atom is -0.489 e. The Bertz CT molecular complexity index is 992. The van der Waals surface area contributed by atoms with Crippen LogP contribution in [-0.2, 0) is 12.0 Å². The molecular formula is C28H37NO5. The Morgan fingerprint density at radius 2 is 1.82 bits per heavy atom. The van der Waals surface area contributed by atoms with Crippen molar-refractivity contribution in [1.82, 2.24) is 4.90 Å². The van der Waals surface area contributed by atoms with E-state index in [1.165, 1.54) is 0 Å². The molecule has 0 spiro atoms. The summed E-state index contributed by atoms with van der Waals surface area (Å²) < 4.78 is 17.6. The molecule has 2 aliphatic rings. The van der Waals surface area contributed by atoms with Crippen molar-refractivity contribution in [3.05, 3.63) is 65.7 Å². The molecule has 0 bridgehead atoms. The van der Waals surface area contributed by atoms with Gasteiger partial charge in [-0.3, -0.25) is 0 Å². The molecule has 2 aromatic carbocycles. The van der Waals surface area contributed by atoms with Crippen LogP contribution in [0.25, 0.3) is 0 Å². The van der Waals surface area contributed by atoms with E-state index in [9.17, 15) is 10.2 Å². The van der Waals surface area contributed by atoms with Gasteiger partial charge >= 0.3 is 0 Å². The molecule has 2 N–H and O–H groups in total. The lowest BCUT2D eigenvalue weighted by atomic mass is 9.84. The van der Waals surface area contributed by atoms with Gasteiger partial charge in [-0.15, -0.1) is 0 Å². The number of ether oxygens (including phenoxy) is 3. The van der Waals surface area contributed by atoms with Crippen molar-refractivity contribution in [1.29, 1.82) is 0 Å². The van der Waals surface area contributed by atoms with Crippen LogP contribution in [0.2, 0.25) is 0 Å². The van der Waals surface area contributed by atoms with Crippen molar-refractivity contribution in [3.63, 3.8) is 0 Å². The zero-order valence-corrected chi connectivity index (χ0v) is 20.5. The zero-order valence-electron chi connectivity index (χ0n) is 20.5. The first-order valence-electron chi connectivity index (χ1n) is 12.1. The number of para-hydroxylation sites is 1. The van der Waals surface area contributed by atoms with Gasteiger partial charge in [0.05, 0.1) is 5.60 Å². The molecule has 1 saturated heterocycles. The summed E-state index contributed by atoms with van der Waals surface area (Å²) in [5.74, 6) is 2.25. The molecule has 2 aromatic rings. The second kappa shape index (κ2) is 9.98. The van der Waals surface area contributed by atoms with E-state index in [2.05, 4.69) is 31.4 Å². The number of aliphatic hydroxyl groups excluding tert-OH is 1. The molecule has 0 radical (unpaired) electrons. The summed E-state index contributed by atoms with van der Waals surface area (Å²) in [6, 6.07) is 13.6. The normalized spacial score (nSPS) is 19.7. The van der Waals surface area contributed by atoms with Gasteiger partial charge in [0.2, 0.25) is 0 Å². The fourth-order valence-electron chi connectivity index (χ4n) is 4.70. The van der Waals surface area contributed by atoms with Gasteiger partial charge in [-0.2, -0.15) is 0 Å². The van der Waals surface area contributed by atoms with Gasteiger partial charge in [0.1, 0.15) is 30.7 Å². The van der Waals surface area contributed by atoms with Crippen molar-refractivity contribution in [2.75, 3.05) is 32.8 Å². The molecule has 1 fully saturated rings. The fraction of sp³-hybridized carbons (Fsp3) is 0.500. The molecule has 6 heteroatoms. The molecule has 0 amide bonds. The number of fused-ring (bicyclic) bond motifs is 1. The Labute approximate surface area is 202 Å². The van der Waals surface area contributed by atoms with E-state index >= 15 is 0 Å². The number of β-amino-alcohol motifs (C(OH)–C–C–N with tert-alkyl or cyclic N) is 1. The fourth-order valence-corrected chi connectivity index (χ4v) is 4.70. The van der Waals surface area contributed by atoms with Crippen molar-refractivity contribution < 1.29 is 24.4 Å². The van der Waals surface area contributed by atoms with Crippen LogP contribution in [0.5, 0.6) is 17.2 Å². The third-order valence-corrected chi connectivity index (χ3v) is 6.52. The average Bonchev–Trinajstić information content (AvgIpc) is 3.12. The summed E-state index contributed by atoms with van der Waals surface area (Å²) >= 11 is 0. The summed E-state index contributed by atoms with van der Waals surface area (Å²) in [6.07, 6.45) is 1.45. The van der Waals surface area contributed by atoms with Gasteiger partial charge in [0.25, 0.3) is 0 Å². The third kappa shape index (κ3) is 5.93. The summed E-state index contributed by atoms with van der Waals surface area (Å²) in [5, 5.41) is 21.8. The highest BCUT2D eigenvalue weighted by molar-refractivity contribution is 5.50. The van der Waals surface area contributed by atoms with Gasteiger partial charge in [-0.25, -0.2) is 0 Å². The van der Waals surface area contributed by atoms with E-state index in [1.807, 2.05) is 43.3 Å². The maximum Gasteiger partial charge on any atom is 0.165 e. The molecule has 0 saturated carbocycles. The predicted molar refractivity (Wildman–Crippen MR) is 133 cm³/mol. The maximum absolute atomic E-state index is 11.2. The Morgan fingerprint density at radius 3 is 2.50 bits per heavy atom. The molecule has 34 heavy (non-hydrogen) atoms. The molecule has 0 aliphatic carbocycles. The quantitative estimate of drug-likeness (QED) is 0.542. The van der Waals surface area contributed by atoms with E-state index in [1.54, 1.807) is 0 Å². The molecule has 0 aromatic heterocycles. The van der Waals surface area contributed by atoms with Crippen LogP contribution in [0.15, 0.2) is 54.6 Å². The second-order valence-electron chi connectivity index (χ2n) is 10.4. The number of nitrogens with zero attached hydrogens (tertiary/aromatic N) is 1. The zero-order chi connectivity index (χ0) is 24.3. The highest BCUT2D eigenvalue weighted by atomic mass is 16.5. The third-order valence-electron chi connectivity index (χ3n) is 6.52. The molecule has 6 nitrogen and oxygen atoms in total. The first kappa shape index (κ1) is 24.6. The Hall–Kier alpha value is -2.54. The second-order valence-corrected chi connectivity index (χ2v) is 10.4. The lowest BCUT2D eigenvalue weighted by Gasteiger charge is -2.39. The molecule has 1 unspecified atom stereocenters. The number of piperidine rings is 1. The summed E-state index contributed by atoms with van der Waals surface area (Å²) in [5.41, 5.74) is 1.91. The molecule has 2 aliphatic heterocycles. The highest BCUT2D eigenvalue weighted by Crippen LogP contribution is 2.41.